The van der Waals surface area contributed by atoms with Crippen molar-refractivity contribution < 1.29 is 23.5 Å². The van der Waals surface area contributed by atoms with Gasteiger partial charge >= 0.3 is 0 Å². The lowest BCUT2D eigenvalue weighted by Crippen LogP contribution is -2.06. The van der Waals surface area contributed by atoms with Gasteiger partial charge in [0, 0.05) is 28.3 Å². The molecule has 0 bridgehead atoms. The third-order valence-electron chi connectivity index (χ3n) is 5.07. The predicted octanol–water partition coefficient (Wildman–Crippen LogP) is 5.94. The minimum absolute atomic E-state index is 0.484. The fourth-order valence-corrected chi connectivity index (χ4v) is 4.98. The van der Waals surface area contributed by atoms with Crippen molar-refractivity contribution in [3.63, 3.8) is 0 Å². The standard InChI is InChI=1S/C26H25N2O5P/c1-30-22-14-19(15-23(31-2)26(22)32-3)16-27-28-34(29)17-24(20-10-6-4-7-11-20)33-25(18-34)21-12-8-5-9-13-21/h4-18H,1-3H3,(H,28,29). The molecule has 4 rings (SSSR count). The van der Waals surface area contributed by atoms with Crippen LogP contribution in [0.2, 0.25) is 0 Å². The Balaban J connectivity index is 1.66. The number of methoxy groups -OCH3 is 3. The van der Waals surface area contributed by atoms with E-state index in [0.717, 1.165) is 11.1 Å². The van der Waals surface area contributed by atoms with Crippen LogP contribution in [0.3, 0.4) is 0 Å². The smallest absolute Gasteiger partial charge is 0.235 e. The van der Waals surface area contributed by atoms with Crippen molar-refractivity contribution in [3.8, 4) is 17.2 Å². The molecule has 1 N–H and O–H groups in total. The Morgan fingerprint density at radius 2 is 1.29 bits per heavy atom. The average Bonchev–Trinajstić information content (AvgIpc) is 2.88. The minimum Gasteiger partial charge on any atom is -0.493 e. The summed E-state index contributed by atoms with van der Waals surface area (Å²) in [7, 11) is 1.40. The second kappa shape index (κ2) is 10.3. The molecule has 8 heteroatoms. The second-order valence-electron chi connectivity index (χ2n) is 7.35. The van der Waals surface area contributed by atoms with Gasteiger partial charge in [-0.1, -0.05) is 60.7 Å². The normalized spacial score (nSPS) is 14.6. The highest BCUT2D eigenvalue weighted by Gasteiger charge is 2.26. The molecule has 1 aliphatic heterocycles. The van der Waals surface area contributed by atoms with Crippen LogP contribution in [0.4, 0.5) is 0 Å². The highest BCUT2D eigenvalue weighted by atomic mass is 31.2. The van der Waals surface area contributed by atoms with E-state index in [0.29, 0.717) is 34.3 Å². The van der Waals surface area contributed by atoms with Crippen molar-refractivity contribution in [3.05, 3.63) is 101 Å². The van der Waals surface area contributed by atoms with Gasteiger partial charge in [-0.15, -0.1) is 0 Å². The first kappa shape index (κ1) is 23.2. The molecule has 0 unspecified atom stereocenters. The van der Waals surface area contributed by atoms with E-state index in [1.165, 1.54) is 0 Å². The van der Waals surface area contributed by atoms with Crippen molar-refractivity contribution in [1.82, 2.24) is 5.20 Å². The zero-order valence-electron chi connectivity index (χ0n) is 19.1. The molecule has 7 nitrogen and oxygen atoms in total. The van der Waals surface area contributed by atoms with Crippen LogP contribution in [-0.2, 0) is 9.30 Å². The van der Waals surface area contributed by atoms with Crippen molar-refractivity contribution in [2.24, 2.45) is 5.10 Å². The highest BCUT2D eigenvalue weighted by molar-refractivity contribution is 7.68. The quantitative estimate of drug-likeness (QED) is 0.246. The molecule has 34 heavy (non-hydrogen) atoms. The summed E-state index contributed by atoms with van der Waals surface area (Å²) in [6.07, 6.45) is 1.55. The van der Waals surface area contributed by atoms with E-state index in [-0.39, 0.29) is 0 Å². The molecule has 0 radical (unpaired) electrons. The summed E-state index contributed by atoms with van der Waals surface area (Å²) in [4.78, 5) is 0. The second-order valence-corrected chi connectivity index (χ2v) is 9.48. The predicted molar refractivity (Wildman–Crippen MR) is 134 cm³/mol. The Morgan fingerprint density at radius 1 is 0.794 bits per heavy atom. The lowest BCUT2D eigenvalue weighted by atomic mass is 10.2. The van der Waals surface area contributed by atoms with Crippen molar-refractivity contribution in [2.75, 3.05) is 21.3 Å². The number of rotatable bonds is 8. The maximum absolute atomic E-state index is 13.8. The summed E-state index contributed by atoms with van der Waals surface area (Å²) in [5, 5.41) is 7.09. The first-order chi connectivity index (χ1) is 16.5. The van der Waals surface area contributed by atoms with Gasteiger partial charge in [0.05, 0.1) is 27.5 Å². The molecule has 0 amide bonds. The summed E-state index contributed by atoms with van der Waals surface area (Å²) in [5.74, 6) is 5.65. The molecular formula is C26H25N2O5P. The monoisotopic (exact) mass is 476 g/mol. The summed E-state index contributed by atoms with van der Waals surface area (Å²) in [5.41, 5.74) is 2.32. The summed E-state index contributed by atoms with van der Waals surface area (Å²) >= 11 is 0. The van der Waals surface area contributed by atoms with Gasteiger partial charge in [-0.05, 0) is 12.1 Å². The summed E-state index contributed by atoms with van der Waals surface area (Å²) in [6.45, 7) is 0. The molecule has 0 aliphatic carbocycles. The molecule has 0 saturated carbocycles. The van der Waals surface area contributed by atoms with Crippen LogP contribution in [0.15, 0.2) is 89.5 Å². The summed E-state index contributed by atoms with van der Waals surface area (Å²) in [6, 6.07) is 22.6. The van der Waals surface area contributed by atoms with Gasteiger partial charge in [0.1, 0.15) is 11.5 Å². The molecule has 3 aromatic rings. The van der Waals surface area contributed by atoms with Gasteiger partial charge < -0.3 is 18.9 Å². The molecule has 0 fully saturated rings. The van der Waals surface area contributed by atoms with E-state index in [9.17, 15) is 4.57 Å². The minimum atomic E-state index is -3.23. The zero-order chi connectivity index (χ0) is 24.0. The molecule has 1 aliphatic rings. The Kier molecular flexibility index (Phi) is 7.04. The van der Waals surface area contributed by atoms with Gasteiger partial charge in [0.25, 0.3) is 0 Å². The van der Waals surface area contributed by atoms with Crippen LogP contribution < -0.4 is 19.4 Å². The zero-order valence-corrected chi connectivity index (χ0v) is 20.0. The molecular weight excluding hydrogens is 451 g/mol. The van der Waals surface area contributed by atoms with Crippen LogP contribution in [0.5, 0.6) is 17.2 Å². The number of hydrazone groups is 1. The van der Waals surface area contributed by atoms with Gasteiger partial charge in [-0.3, -0.25) is 9.76 Å². The average molecular weight is 476 g/mol. The largest absolute Gasteiger partial charge is 0.493 e. The Morgan fingerprint density at radius 3 is 1.74 bits per heavy atom. The fourth-order valence-electron chi connectivity index (χ4n) is 3.46. The molecule has 174 valence electrons. The molecule has 0 spiro atoms. The molecule has 0 aromatic heterocycles. The van der Waals surface area contributed by atoms with Crippen LogP contribution in [0.25, 0.3) is 11.5 Å². The number of nitrogens with one attached hydrogen (secondary N) is 1. The van der Waals surface area contributed by atoms with E-state index in [2.05, 4.69) is 10.3 Å². The molecule has 0 atom stereocenters. The van der Waals surface area contributed by atoms with E-state index >= 15 is 0 Å². The van der Waals surface area contributed by atoms with Gasteiger partial charge in [-0.2, -0.15) is 5.10 Å². The fraction of sp³-hybridized carbons (Fsp3) is 0.115. The van der Waals surface area contributed by atoms with Crippen molar-refractivity contribution >= 4 is 25.0 Å². The Hall–Kier alpha value is -3.96. The number of benzene rings is 3. The summed E-state index contributed by atoms with van der Waals surface area (Å²) < 4.78 is 36.0. The van der Waals surface area contributed by atoms with Crippen LogP contribution >= 0.6 is 7.29 Å². The SMILES string of the molecule is COc1cc(C=NNP2(=O)C=C(c3ccccc3)OC(c3ccccc3)=C2)cc(OC)c1OC. The van der Waals surface area contributed by atoms with Gasteiger partial charge in [0.15, 0.2) is 11.5 Å². The van der Waals surface area contributed by atoms with Crippen LogP contribution in [0, 0.1) is 0 Å². The van der Waals surface area contributed by atoms with Gasteiger partial charge in [-0.25, -0.2) is 0 Å². The molecule has 0 saturated heterocycles. The number of hydrogen-bond donors (Lipinski definition) is 1. The van der Waals surface area contributed by atoms with E-state index in [1.54, 1.807) is 51.3 Å². The molecule has 1 heterocycles. The number of nitrogens with zero attached hydrogens (tertiary/aromatic N) is 1. The molecule has 3 aromatic carbocycles. The number of ether oxygens (including phenoxy) is 4. The van der Waals surface area contributed by atoms with Gasteiger partial charge in [0.2, 0.25) is 13.0 Å². The first-order valence-corrected chi connectivity index (χ1v) is 12.3. The van der Waals surface area contributed by atoms with E-state index < -0.39 is 7.29 Å². The maximum atomic E-state index is 13.8. The topological polar surface area (TPSA) is 78.4 Å². The Labute approximate surface area is 198 Å². The third kappa shape index (κ3) is 5.16. The highest BCUT2D eigenvalue weighted by Crippen LogP contribution is 2.53. The van der Waals surface area contributed by atoms with Crippen LogP contribution in [-0.4, -0.2) is 27.5 Å². The number of hydrogen-bond acceptors (Lipinski definition) is 6. The maximum Gasteiger partial charge on any atom is 0.235 e. The first-order valence-electron chi connectivity index (χ1n) is 10.5. The lowest BCUT2D eigenvalue weighted by Gasteiger charge is -2.22. The van der Waals surface area contributed by atoms with Crippen molar-refractivity contribution in [2.45, 2.75) is 0 Å². The van der Waals surface area contributed by atoms with E-state index in [4.69, 9.17) is 18.9 Å². The Bertz CT molecular complexity index is 1200. The van der Waals surface area contributed by atoms with Crippen molar-refractivity contribution in [1.29, 1.82) is 0 Å². The lowest BCUT2D eigenvalue weighted by molar-refractivity contribution is 0.324. The van der Waals surface area contributed by atoms with Crippen LogP contribution in [0.1, 0.15) is 16.7 Å². The third-order valence-corrected chi connectivity index (χ3v) is 6.73. The van der Waals surface area contributed by atoms with E-state index in [1.807, 2.05) is 60.7 Å².